The van der Waals surface area contributed by atoms with E-state index in [-0.39, 0.29) is 4.90 Å². The van der Waals surface area contributed by atoms with Gasteiger partial charge in [-0.3, -0.25) is 4.79 Å². The second-order valence-corrected chi connectivity index (χ2v) is 11.0. The van der Waals surface area contributed by atoms with Gasteiger partial charge in [-0.15, -0.1) is 0 Å². The number of hydrogen-bond donors (Lipinski definition) is 1. The molecule has 3 atom stereocenters. The average molecular weight is 464 g/mol. The van der Waals surface area contributed by atoms with E-state index in [1.807, 2.05) is 30.3 Å². The molecule has 1 fully saturated rings. The number of ether oxygens (including phenoxy) is 1. The van der Waals surface area contributed by atoms with Gasteiger partial charge in [-0.2, -0.15) is 0 Å². The molecule has 7 heteroatoms. The summed E-state index contributed by atoms with van der Waals surface area (Å²) in [6, 6.07) is 12.3. The van der Waals surface area contributed by atoms with Crippen molar-refractivity contribution in [3.05, 3.63) is 58.1 Å². The zero-order valence-electron chi connectivity index (χ0n) is 15.9. The summed E-state index contributed by atoms with van der Waals surface area (Å²) in [5, 5.41) is 1.59. The molecule has 148 valence electrons. The van der Waals surface area contributed by atoms with E-state index in [4.69, 9.17) is 4.74 Å². The number of fused-ring (bicyclic) bond motifs is 4. The lowest BCUT2D eigenvalue weighted by atomic mass is 9.81. The normalized spacial score (nSPS) is 26.4. The number of carbonyl (C=O) groups is 1. The van der Waals surface area contributed by atoms with Crippen molar-refractivity contribution in [2.24, 2.45) is 0 Å². The first-order valence-corrected chi connectivity index (χ1v) is 11.6. The van der Waals surface area contributed by atoms with E-state index in [2.05, 4.69) is 35.1 Å². The second-order valence-electron chi connectivity index (χ2n) is 8.00. The molecular formula is C21H22BrNO4S. The lowest BCUT2D eigenvalue weighted by Gasteiger charge is -2.46. The SMILES string of the molecule is CC(C)c1ccc(S(=O)(=O)[C@H]2C(=O)N[C@]3(C)C[C@@H]2c2cc(Br)ccc2O3)cc1. The number of halogens is 1. The Bertz CT molecular complexity index is 1050. The first-order valence-electron chi connectivity index (χ1n) is 9.25. The number of sulfone groups is 1. The topological polar surface area (TPSA) is 72.5 Å². The zero-order chi connectivity index (χ0) is 20.3. The number of hydrogen-bond acceptors (Lipinski definition) is 4. The average Bonchev–Trinajstić information content (AvgIpc) is 2.61. The minimum Gasteiger partial charge on any atom is -0.468 e. The minimum absolute atomic E-state index is 0.170. The summed E-state index contributed by atoms with van der Waals surface area (Å²) in [5.74, 6) is -0.0837. The van der Waals surface area contributed by atoms with Gasteiger partial charge in [0.2, 0.25) is 5.91 Å². The van der Waals surface area contributed by atoms with Crippen LogP contribution in [-0.2, 0) is 14.6 Å². The van der Waals surface area contributed by atoms with Crippen LogP contribution in [0.5, 0.6) is 5.75 Å². The predicted octanol–water partition coefficient (Wildman–Crippen LogP) is 4.13. The van der Waals surface area contributed by atoms with Crippen LogP contribution >= 0.6 is 15.9 Å². The molecule has 2 aliphatic heterocycles. The highest BCUT2D eigenvalue weighted by Crippen LogP contribution is 2.47. The molecule has 5 nitrogen and oxygen atoms in total. The monoisotopic (exact) mass is 463 g/mol. The first-order chi connectivity index (χ1) is 13.1. The smallest absolute Gasteiger partial charge is 0.242 e. The van der Waals surface area contributed by atoms with Crippen LogP contribution in [-0.4, -0.2) is 25.3 Å². The Morgan fingerprint density at radius 2 is 1.86 bits per heavy atom. The van der Waals surface area contributed by atoms with Crippen LogP contribution in [0, 0.1) is 0 Å². The molecule has 2 bridgehead atoms. The van der Waals surface area contributed by atoms with Crippen molar-refractivity contribution in [2.75, 3.05) is 0 Å². The molecule has 2 heterocycles. The molecule has 0 aromatic heterocycles. The molecule has 4 rings (SSSR count). The third kappa shape index (κ3) is 3.14. The van der Waals surface area contributed by atoms with Gasteiger partial charge in [-0.25, -0.2) is 8.42 Å². The van der Waals surface area contributed by atoms with Crippen LogP contribution < -0.4 is 10.1 Å². The molecular weight excluding hydrogens is 442 g/mol. The van der Waals surface area contributed by atoms with Crippen molar-refractivity contribution in [3.63, 3.8) is 0 Å². The quantitative estimate of drug-likeness (QED) is 0.742. The van der Waals surface area contributed by atoms with E-state index in [0.717, 1.165) is 15.6 Å². The third-order valence-corrected chi connectivity index (χ3v) is 8.17. The van der Waals surface area contributed by atoms with E-state index >= 15 is 0 Å². The Balaban J connectivity index is 1.81. The number of rotatable bonds is 3. The lowest BCUT2D eigenvalue weighted by Crippen LogP contribution is -2.63. The maximum Gasteiger partial charge on any atom is 0.242 e. The van der Waals surface area contributed by atoms with Gasteiger partial charge in [0.1, 0.15) is 5.75 Å². The highest BCUT2D eigenvalue weighted by atomic mass is 79.9. The van der Waals surface area contributed by atoms with Crippen LogP contribution in [0.1, 0.15) is 50.2 Å². The zero-order valence-corrected chi connectivity index (χ0v) is 18.3. The number of amides is 1. The number of carbonyl (C=O) groups excluding carboxylic acids is 1. The molecule has 0 aliphatic carbocycles. The summed E-state index contributed by atoms with van der Waals surface area (Å²) in [7, 11) is -3.87. The van der Waals surface area contributed by atoms with Gasteiger partial charge in [-0.05, 0) is 48.7 Å². The Labute approximate surface area is 173 Å². The lowest BCUT2D eigenvalue weighted by molar-refractivity contribution is -0.132. The predicted molar refractivity (Wildman–Crippen MR) is 110 cm³/mol. The van der Waals surface area contributed by atoms with Crippen LogP contribution in [0.3, 0.4) is 0 Å². The van der Waals surface area contributed by atoms with Gasteiger partial charge < -0.3 is 10.1 Å². The van der Waals surface area contributed by atoms with Crippen molar-refractivity contribution in [3.8, 4) is 5.75 Å². The van der Waals surface area contributed by atoms with Gasteiger partial charge in [0, 0.05) is 22.4 Å². The van der Waals surface area contributed by atoms with Gasteiger partial charge in [0.05, 0.1) is 4.90 Å². The number of benzene rings is 2. The molecule has 2 aliphatic rings. The van der Waals surface area contributed by atoms with Gasteiger partial charge in [0.15, 0.2) is 20.8 Å². The standard InChI is InChI=1S/C21H22BrNO4S/c1-12(2)13-4-7-15(8-5-13)28(25,26)19-17-11-21(3,23-20(19)24)27-18-9-6-14(22)10-16(17)18/h4-10,12,17,19H,11H2,1-3H3,(H,23,24)/t17-,19-,21+/m1/s1. The number of piperidine rings is 1. The summed E-state index contributed by atoms with van der Waals surface area (Å²) in [6.45, 7) is 5.88. The Morgan fingerprint density at radius 3 is 2.50 bits per heavy atom. The molecule has 28 heavy (non-hydrogen) atoms. The summed E-state index contributed by atoms with van der Waals surface area (Å²) >= 11 is 3.44. The van der Waals surface area contributed by atoms with Crippen molar-refractivity contribution in [1.82, 2.24) is 5.32 Å². The fourth-order valence-corrected chi connectivity index (χ4v) is 6.33. The molecule has 0 spiro atoms. The molecule has 1 amide bonds. The molecule has 1 N–H and O–H groups in total. The van der Waals surface area contributed by atoms with Gasteiger partial charge in [0.25, 0.3) is 0 Å². The fourth-order valence-electron chi connectivity index (χ4n) is 4.12. The minimum atomic E-state index is -3.87. The highest BCUT2D eigenvalue weighted by Gasteiger charge is 2.54. The molecule has 2 aromatic carbocycles. The van der Waals surface area contributed by atoms with E-state index in [1.54, 1.807) is 19.1 Å². The first kappa shape index (κ1) is 19.5. The Morgan fingerprint density at radius 1 is 1.18 bits per heavy atom. The maximum atomic E-state index is 13.5. The summed E-state index contributed by atoms with van der Waals surface area (Å²) < 4.78 is 33.7. The molecule has 0 saturated carbocycles. The second kappa shape index (κ2) is 6.59. The van der Waals surface area contributed by atoms with E-state index in [1.165, 1.54) is 0 Å². The van der Waals surface area contributed by atoms with Crippen molar-refractivity contribution in [2.45, 2.75) is 54.9 Å². The van der Waals surface area contributed by atoms with Crippen LogP contribution in [0.25, 0.3) is 0 Å². The third-order valence-electron chi connectivity index (χ3n) is 5.54. The van der Waals surface area contributed by atoms with E-state index < -0.39 is 32.6 Å². The summed E-state index contributed by atoms with van der Waals surface area (Å²) in [6.07, 6.45) is 0.399. The van der Waals surface area contributed by atoms with Crippen LogP contribution in [0.2, 0.25) is 0 Å². The van der Waals surface area contributed by atoms with Gasteiger partial charge >= 0.3 is 0 Å². The van der Waals surface area contributed by atoms with Crippen LogP contribution in [0.4, 0.5) is 0 Å². The molecule has 2 aromatic rings. The summed E-state index contributed by atoms with van der Waals surface area (Å²) in [5.41, 5.74) is 0.893. The van der Waals surface area contributed by atoms with Gasteiger partial charge in [-0.1, -0.05) is 41.9 Å². The maximum absolute atomic E-state index is 13.5. The summed E-state index contributed by atoms with van der Waals surface area (Å²) in [4.78, 5) is 13.1. The molecule has 0 unspecified atom stereocenters. The van der Waals surface area contributed by atoms with Crippen molar-refractivity contribution < 1.29 is 17.9 Å². The molecule has 1 saturated heterocycles. The van der Waals surface area contributed by atoms with Crippen molar-refractivity contribution >= 4 is 31.7 Å². The van der Waals surface area contributed by atoms with Crippen molar-refractivity contribution in [1.29, 1.82) is 0 Å². The fraction of sp³-hybridized carbons (Fsp3) is 0.381. The Kier molecular flexibility index (Phi) is 4.58. The Hall–Kier alpha value is -1.86. The molecule has 0 radical (unpaired) electrons. The largest absolute Gasteiger partial charge is 0.468 e. The van der Waals surface area contributed by atoms with E-state index in [0.29, 0.717) is 18.1 Å². The van der Waals surface area contributed by atoms with Crippen LogP contribution in [0.15, 0.2) is 51.8 Å². The number of nitrogens with one attached hydrogen (secondary N) is 1. The van der Waals surface area contributed by atoms with E-state index in [9.17, 15) is 13.2 Å². The highest BCUT2D eigenvalue weighted by molar-refractivity contribution is 9.10.